The lowest BCUT2D eigenvalue weighted by molar-refractivity contribution is -0.116. The van der Waals surface area contributed by atoms with Crippen LogP contribution >= 0.6 is 11.3 Å². The number of amides is 2. The van der Waals surface area contributed by atoms with Gasteiger partial charge in [0.25, 0.3) is 0 Å². The molecule has 1 unspecified atom stereocenters. The fourth-order valence-electron chi connectivity index (χ4n) is 2.23. The first-order valence-corrected chi connectivity index (χ1v) is 8.77. The Hall–Kier alpha value is -2.61. The maximum Gasteiger partial charge on any atom is 0.241 e. The van der Waals surface area contributed by atoms with Crippen LogP contribution in [0.5, 0.6) is 0 Å². The normalized spacial score (nSPS) is 15.4. The van der Waals surface area contributed by atoms with Crippen molar-refractivity contribution < 1.29 is 18.8 Å². The minimum Gasteiger partial charge on any atom is -0.354 e. The van der Waals surface area contributed by atoms with Crippen molar-refractivity contribution >= 4 is 35.1 Å². The summed E-state index contributed by atoms with van der Waals surface area (Å²) in [5.74, 6) is -2.27. The zero-order valence-electron chi connectivity index (χ0n) is 14.9. The molecule has 2 amide bonds. The number of hydrogen-bond acceptors (Lipinski definition) is 5. The molecular weight excluding hydrogens is 357 g/mol. The van der Waals surface area contributed by atoms with Gasteiger partial charge in [-0.05, 0) is 44.7 Å². The Morgan fingerprint density at radius 3 is 2.58 bits per heavy atom. The van der Waals surface area contributed by atoms with Crippen LogP contribution in [0.1, 0.15) is 47.6 Å². The summed E-state index contributed by atoms with van der Waals surface area (Å²) in [4.78, 5) is 38.3. The highest BCUT2D eigenvalue weighted by Crippen LogP contribution is 2.34. The number of nitrogens with one attached hydrogen (secondary N) is 2. The number of anilines is 1. The second-order valence-electron chi connectivity index (χ2n) is 6.87. The second-order valence-corrected chi connectivity index (χ2v) is 7.78. The maximum atomic E-state index is 13.0. The average Bonchev–Trinajstić information content (AvgIpc) is 3.08. The summed E-state index contributed by atoms with van der Waals surface area (Å²) in [5, 5.41) is 6.94. The molecule has 2 N–H and O–H groups in total. The van der Waals surface area contributed by atoms with E-state index in [4.69, 9.17) is 0 Å². The minimum absolute atomic E-state index is 0.0677. The maximum absolute atomic E-state index is 13.0. The van der Waals surface area contributed by atoms with E-state index in [0.29, 0.717) is 17.0 Å². The van der Waals surface area contributed by atoms with Crippen LogP contribution in [-0.2, 0) is 9.59 Å². The molecule has 138 valence electrons. The Kier molecular flexibility index (Phi) is 5.86. The van der Waals surface area contributed by atoms with E-state index in [2.05, 4.69) is 15.6 Å². The largest absolute Gasteiger partial charge is 0.354 e. The molecule has 8 heteroatoms. The van der Waals surface area contributed by atoms with Crippen LogP contribution in [-0.4, -0.2) is 28.6 Å². The zero-order valence-corrected chi connectivity index (χ0v) is 15.7. The Morgan fingerprint density at radius 2 is 2.08 bits per heavy atom. The third kappa shape index (κ3) is 4.72. The SMILES string of the molecule is CC(C)(C)NC=O.Cc1csc(C(=O)C2C(=O)Nc3cc(F)cnc32)c1. The van der Waals surface area contributed by atoms with Crippen LogP contribution in [0.3, 0.4) is 0 Å². The number of thiophene rings is 1. The number of halogens is 1. The van der Waals surface area contributed by atoms with Crippen molar-refractivity contribution in [2.45, 2.75) is 39.2 Å². The molecular formula is C18H20FN3O3S. The van der Waals surface area contributed by atoms with Gasteiger partial charge in [-0.15, -0.1) is 11.3 Å². The van der Waals surface area contributed by atoms with Gasteiger partial charge in [0.2, 0.25) is 12.3 Å². The zero-order chi connectivity index (χ0) is 19.5. The van der Waals surface area contributed by atoms with Crippen LogP contribution < -0.4 is 10.6 Å². The van der Waals surface area contributed by atoms with Crippen LogP contribution in [0.2, 0.25) is 0 Å². The Balaban J connectivity index is 0.000000298. The van der Waals surface area contributed by atoms with Gasteiger partial charge in [0.05, 0.1) is 22.5 Å². The number of Topliss-reactive ketones (excluding diaryl/α,β-unsaturated/α-hetero) is 1. The molecule has 0 bridgehead atoms. The van der Waals surface area contributed by atoms with E-state index in [0.717, 1.165) is 11.8 Å². The highest BCUT2D eigenvalue weighted by molar-refractivity contribution is 7.12. The fraction of sp³-hybridized carbons (Fsp3) is 0.333. The third-order valence-electron chi connectivity index (χ3n) is 3.41. The number of pyridine rings is 1. The van der Waals surface area contributed by atoms with Crippen molar-refractivity contribution in [3.05, 3.63) is 45.7 Å². The summed E-state index contributed by atoms with van der Waals surface area (Å²) in [6.07, 6.45) is 1.72. The molecule has 1 atom stereocenters. The van der Waals surface area contributed by atoms with Gasteiger partial charge in [-0.2, -0.15) is 0 Å². The molecule has 0 saturated heterocycles. The smallest absolute Gasteiger partial charge is 0.241 e. The Morgan fingerprint density at radius 1 is 1.38 bits per heavy atom. The number of hydrogen-bond donors (Lipinski definition) is 2. The summed E-state index contributed by atoms with van der Waals surface area (Å²) < 4.78 is 13.0. The van der Waals surface area contributed by atoms with E-state index >= 15 is 0 Å². The van der Waals surface area contributed by atoms with E-state index in [-0.39, 0.29) is 17.0 Å². The van der Waals surface area contributed by atoms with Crippen molar-refractivity contribution in [1.82, 2.24) is 10.3 Å². The lowest BCUT2D eigenvalue weighted by atomic mass is 9.99. The summed E-state index contributed by atoms with van der Waals surface area (Å²) >= 11 is 1.29. The van der Waals surface area contributed by atoms with Gasteiger partial charge in [0.15, 0.2) is 5.78 Å². The molecule has 0 radical (unpaired) electrons. The molecule has 3 heterocycles. The van der Waals surface area contributed by atoms with Crippen LogP contribution in [0.25, 0.3) is 0 Å². The summed E-state index contributed by atoms with van der Waals surface area (Å²) in [7, 11) is 0. The minimum atomic E-state index is -0.978. The topological polar surface area (TPSA) is 88.2 Å². The lowest BCUT2D eigenvalue weighted by Crippen LogP contribution is -2.34. The average molecular weight is 377 g/mol. The first-order chi connectivity index (χ1) is 12.1. The van der Waals surface area contributed by atoms with Crippen LogP contribution in [0, 0.1) is 12.7 Å². The predicted octanol–water partition coefficient (Wildman–Crippen LogP) is 3.04. The third-order valence-corrected chi connectivity index (χ3v) is 4.47. The predicted molar refractivity (Wildman–Crippen MR) is 97.9 cm³/mol. The number of aromatic nitrogens is 1. The summed E-state index contributed by atoms with van der Waals surface area (Å²) in [6, 6.07) is 2.91. The number of ketones is 1. The molecule has 26 heavy (non-hydrogen) atoms. The highest BCUT2D eigenvalue weighted by atomic mass is 32.1. The van der Waals surface area contributed by atoms with Gasteiger partial charge < -0.3 is 10.6 Å². The van der Waals surface area contributed by atoms with Crippen LogP contribution in [0.4, 0.5) is 10.1 Å². The molecule has 6 nitrogen and oxygen atoms in total. The van der Waals surface area contributed by atoms with Crippen LogP contribution in [0.15, 0.2) is 23.7 Å². The number of nitrogens with zero attached hydrogens (tertiary/aromatic N) is 1. The second kappa shape index (κ2) is 7.74. The van der Waals surface area contributed by atoms with Crippen molar-refractivity contribution in [2.75, 3.05) is 5.32 Å². The molecule has 0 aromatic carbocycles. The molecule has 0 saturated carbocycles. The van der Waals surface area contributed by atoms with E-state index < -0.39 is 17.6 Å². The first-order valence-electron chi connectivity index (χ1n) is 7.89. The standard InChI is InChI=1S/C13H9FN2O2S.C5H11NO/c1-6-2-9(19-5-6)12(17)10-11-8(16-13(10)18)3-7(14)4-15-11;1-5(2,3)6-4-7/h2-5,10H,1H3,(H,16,18);4H,1-3H3,(H,6,7). The van der Waals surface area contributed by atoms with E-state index in [1.54, 1.807) is 6.07 Å². The molecule has 1 aliphatic rings. The van der Waals surface area contributed by atoms with Gasteiger partial charge in [-0.25, -0.2) is 4.39 Å². The van der Waals surface area contributed by atoms with Gasteiger partial charge >= 0.3 is 0 Å². The number of carbonyl (C=O) groups excluding carboxylic acids is 3. The molecule has 0 spiro atoms. The molecule has 0 fully saturated rings. The van der Waals surface area contributed by atoms with Gasteiger partial charge in [0, 0.05) is 11.6 Å². The Bertz CT molecular complexity index is 842. The molecule has 2 aromatic heterocycles. The number of fused-ring (bicyclic) bond motifs is 1. The monoisotopic (exact) mass is 377 g/mol. The van der Waals surface area contributed by atoms with Crippen molar-refractivity contribution in [2.24, 2.45) is 0 Å². The Labute approximate surface area is 154 Å². The van der Waals surface area contributed by atoms with E-state index in [1.165, 1.54) is 17.4 Å². The summed E-state index contributed by atoms with van der Waals surface area (Å²) in [5.41, 5.74) is 1.47. The van der Waals surface area contributed by atoms with E-state index in [9.17, 15) is 18.8 Å². The van der Waals surface area contributed by atoms with Gasteiger partial charge in [0.1, 0.15) is 11.7 Å². The fourth-order valence-corrected chi connectivity index (χ4v) is 3.10. The lowest BCUT2D eigenvalue weighted by Gasteiger charge is -2.15. The number of carbonyl (C=O) groups is 3. The van der Waals surface area contributed by atoms with Crippen molar-refractivity contribution in [3.8, 4) is 0 Å². The van der Waals surface area contributed by atoms with Gasteiger partial charge in [-0.3, -0.25) is 19.4 Å². The molecule has 2 aromatic rings. The molecule has 3 rings (SSSR count). The van der Waals surface area contributed by atoms with E-state index in [1.807, 2.05) is 33.1 Å². The first kappa shape index (κ1) is 19.7. The molecule has 1 aliphatic heterocycles. The number of rotatable bonds is 3. The van der Waals surface area contributed by atoms with Gasteiger partial charge in [-0.1, -0.05) is 0 Å². The molecule has 0 aliphatic carbocycles. The van der Waals surface area contributed by atoms with Crippen molar-refractivity contribution in [1.29, 1.82) is 0 Å². The summed E-state index contributed by atoms with van der Waals surface area (Å²) in [6.45, 7) is 7.67. The number of aryl methyl sites for hydroxylation is 1. The van der Waals surface area contributed by atoms with Crippen molar-refractivity contribution in [3.63, 3.8) is 0 Å². The quantitative estimate of drug-likeness (QED) is 0.489. The highest BCUT2D eigenvalue weighted by Gasteiger charge is 2.38.